The fraction of sp³-hybridized carbons (Fsp3) is 0.0500. The quantitative estimate of drug-likeness (QED) is 0.685. The van der Waals surface area contributed by atoms with Crippen molar-refractivity contribution in [1.29, 1.82) is 0 Å². The first-order valence-electron chi connectivity index (χ1n) is 7.22. The molecule has 0 amide bonds. The molecule has 4 rings (SSSR count). The Hall–Kier alpha value is -2.87. The molecule has 0 atom stereocenters. The van der Waals surface area contributed by atoms with Crippen molar-refractivity contribution in [3.05, 3.63) is 82.9 Å². The van der Waals surface area contributed by atoms with Gasteiger partial charge in [0.1, 0.15) is 0 Å². The molecule has 0 saturated heterocycles. The largest absolute Gasteiger partial charge is 0.872 e. The van der Waals surface area contributed by atoms with E-state index in [-0.39, 0.29) is 17.1 Å². The average molecular weight is 285 g/mol. The molecule has 0 fully saturated rings. The normalized spacial score (nSPS) is 13.8. The summed E-state index contributed by atoms with van der Waals surface area (Å²) in [7, 11) is 0. The van der Waals surface area contributed by atoms with E-state index < -0.39 is 0 Å². The van der Waals surface area contributed by atoms with E-state index in [2.05, 4.69) is 0 Å². The molecule has 0 radical (unpaired) electrons. The topological polar surface area (TPSA) is 40.1 Å². The summed E-state index contributed by atoms with van der Waals surface area (Å²) >= 11 is 0. The molecule has 0 aromatic heterocycles. The summed E-state index contributed by atoms with van der Waals surface area (Å²) in [5.41, 5.74) is 3.03. The molecule has 1 aliphatic carbocycles. The predicted molar refractivity (Wildman–Crippen MR) is 86.3 cm³/mol. The number of carbonyl (C=O) groups is 1. The van der Waals surface area contributed by atoms with Crippen molar-refractivity contribution in [2.24, 2.45) is 0 Å². The van der Waals surface area contributed by atoms with Crippen LogP contribution in [0.1, 0.15) is 27.0 Å². The molecular weight excluding hydrogens is 272 g/mol. The zero-order valence-electron chi connectivity index (χ0n) is 12.1. The highest BCUT2D eigenvalue weighted by molar-refractivity contribution is 6.40. The molecule has 3 aromatic rings. The number of rotatable bonds is 1. The number of allylic oxidation sites excluding steroid dienone is 1. The van der Waals surface area contributed by atoms with Crippen LogP contribution in [-0.2, 0) is 0 Å². The van der Waals surface area contributed by atoms with Crippen LogP contribution in [0.3, 0.4) is 0 Å². The minimum atomic E-state index is -0.170. The molecule has 22 heavy (non-hydrogen) atoms. The number of carbonyl (C=O) groups excluding carboxylic acids is 1. The maximum absolute atomic E-state index is 12.7. The minimum absolute atomic E-state index is 0.167. The molecule has 3 aromatic carbocycles. The maximum Gasteiger partial charge on any atom is 0.193 e. The summed E-state index contributed by atoms with van der Waals surface area (Å²) in [6, 6.07) is 19.0. The number of hydrogen-bond acceptors (Lipinski definition) is 2. The fourth-order valence-electron chi connectivity index (χ4n) is 3.10. The molecule has 1 aliphatic rings. The summed E-state index contributed by atoms with van der Waals surface area (Å²) in [5, 5.41) is 14.7. The smallest absolute Gasteiger partial charge is 0.193 e. The highest BCUT2D eigenvalue weighted by Gasteiger charge is 2.26. The van der Waals surface area contributed by atoms with Crippen LogP contribution in [0.5, 0.6) is 0 Å². The van der Waals surface area contributed by atoms with E-state index in [1.54, 1.807) is 12.1 Å². The van der Waals surface area contributed by atoms with Crippen LogP contribution < -0.4 is 5.11 Å². The molecule has 0 heterocycles. The second-order valence-electron chi connectivity index (χ2n) is 5.61. The van der Waals surface area contributed by atoms with E-state index in [9.17, 15) is 9.90 Å². The van der Waals surface area contributed by atoms with Crippen molar-refractivity contribution in [2.45, 2.75) is 6.92 Å². The first-order chi connectivity index (χ1) is 10.7. The molecule has 0 aliphatic heterocycles. The van der Waals surface area contributed by atoms with Gasteiger partial charge in [-0.3, -0.25) is 4.79 Å². The van der Waals surface area contributed by atoms with Crippen LogP contribution in [0.25, 0.3) is 22.1 Å². The first kappa shape index (κ1) is 12.8. The van der Waals surface area contributed by atoms with Gasteiger partial charge in [0.2, 0.25) is 0 Å². The van der Waals surface area contributed by atoms with Gasteiger partial charge in [-0.05, 0) is 28.8 Å². The second kappa shape index (κ2) is 4.57. The van der Waals surface area contributed by atoms with E-state index in [0.29, 0.717) is 11.1 Å². The zero-order valence-corrected chi connectivity index (χ0v) is 12.1. The van der Waals surface area contributed by atoms with Gasteiger partial charge in [-0.15, -0.1) is 0 Å². The monoisotopic (exact) mass is 285 g/mol. The zero-order chi connectivity index (χ0) is 15.3. The number of benzene rings is 3. The summed E-state index contributed by atoms with van der Waals surface area (Å²) in [5.74, 6) is -0.337. The maximum atomic E-state index is 12.7. The van der Waals surface area contributed by atoms with Gasteiger partial charge in [0, 0.05) is 11.1 Å². The predicted octanol–water partition coefficient (Wildman–Crippen LogP) is 3.57. The Labute approximate surface area is 128 Å². The van der Waals surface area contributed by atoms with E-state index in [1.165, 1.54) is 0 Å². The fourth-order valence-corrected chi connectivity index (χ4v) is 3.10. The lowest BCUT2D eigenvalue weighted by Gasteiger charge is -2.13. The Morgan fingerprint density at radius 2 is 1.59 bits per heavy atom. The van der Waals surface area contributed by atoms with Gasteiger partial charge in [0.15, 0.2) is 5.78 Å². The molecular formula is C20H13O2-. The lowest BCUT2D eigenvalue weighted by molar-refractivity contribution is -0.242. The third kappa shape index (κ3) is 1.70. The van der Waals surface area contributed by atoms with Crippen LogP contribution in [-0.4, -0.2) is 5.78 Å². The lowest BCUT2D eigenvalue weighted by Crippen LogP contribution is -2.04. The number of ketones is 1. The summed E-state index contributed by atoms with van der Waals surface area (Å²) in [6.45, 7) is 1.92. The summed E-state index contributed by atoms with van der Waals surface area (Å²) in [4.78, 5) is 12.7. The molecule has 0 spiro atoms. The van der Waals surface area contributed by atoms with Gasteiger partial charge < -0.3 is 5.11 Å². The molecule has 0 N–H and O–H groups in total. The molecule has 2 nitrogen and oxygen atoms in total. The minimum Gasteiger partial charge on any atom is -0.872 e. The number of Topliss-reactive ketones (excluding diaryl/α,β-unsaturated/α-hetero) is 1. The molecule has 106 valence electrons. The first-order valence-corrected chi connectivity index (χ1v) is 7.22. The van der Waals surface area contributed by atoms with Crippen LogP contribution in [0.2, 0.25) is 0 Å². The third-order valence-corrected chi connectivity index (χ3v) is 4.18. The van der Waals surface area contributed by atoms with Crippen molar-refractivity contribution in [2.75, 3.05) is 0 Å². The van der Waals surface area contributed by atoms with Crippen molar-refractivity contribution in [3.8, 4) is 0 Å². The van der Waals surface area contributed by atoms with E-state index >= 15 is 0 Å². The van der Waals surface area contributed by atoms with Gasteiger partial charge in [-0.2, -0.15) is 0 Å². The van der Waals surface area contributed by atoms with Gasteiger partial charge in [-0.1, -0.05) is 72.0 Å². The number of aryl methyl sites for hydroxylation is 1. The van der Waals surface area contributed by atoms with Crippen LogP contribution in [0, 0.1) is 6.92 Å². The Morgan fingerprint density at radius 3 is 2.45 bits per heavy atom. The standard InChI is InChI=1S/C20H14O2/c1-12-9-10-16-17(11-12)20(22)18(19(16)21)15-8-4-6-13-5-2-3-7-14(13)15/h2-11,22H,1H3/p-1. The lowest BCUT2D eigenvalue weighted by atomic mass is 9.96. The molecule has 0 bridgehead atoms. The van der Waals surface area contributed by atoms with Crippen molar-refractivity contribution < 1.29 is 9.90 Å². The van der Waals surface area contributed by atoms with Gasteiger partial charge in [-0.25, -0.2) is 0 Å². The Morgan fingerprint density at radius 1 is 0.818 bits per heavy atom. The second-order valence-corrected chi connectivity index (χ2v) is 5.61. The summed E-state index contributed by atoms with van der Waals surface area (Å²) < 4.78 is 0. The number of fused-ring (bicyclic) bond motifs is 2. The third-order valence-electron chi connectivity index (χ3n) is 4.18. The van der Waals surface area contributed by atoms with E-state index in [1.807, 2.05) is 55.5 Å². The van der Waals surface area contributed by atoms with E-state index in [0.717, 1.165) is 21.9 Å². The molecule has 2 heteroatoms. The van der Waals surface area contributed by atoms with Crippen molar-refractivity contribution in [3.63, 3.8) is 0 Å². The van der Waals surface area contributed by atoms with Gasteiger partial charge in [0.25, 0.3) is 0 Å². The van der Waals surface area contributed by atoms with Crippen molar-refractivity contribution in [1.82, 2.24) is 0 Å². The number of hydrogen-bond donors (Lipinski definition) is 0. The van der Waals surface area contributed by atoms with Gasteiger partial charge in [0.05, 0.1) is 0 Å². The highest BCUT2D eigenvalue weighted by atomic mass is 16.3. The Balaban J connectivity index is 2.02. The van der Waals surface area contributed by atoms with Gasteiger partial charge >= 0.3 is 0 Å². The molecule has 0 saturated carbocycles. The van der Waals surface area contributed by atoms with Crippen LogP contribution in [0.4, 0.5) is 0 Å². The SMILES string of the molecule is Cc1ccc2c(c1)C([O-])=C(c1cccc3ccccc13)C2=O. The average Bonchev–Trinajstić information content (AvgIpc) is 2.78. The van der Waals surface area contributed by atoms with Crippen molar-refractivity contribution >= 4 is 27.9 Å². The van der Waals surface area contributed by atoms with Crippen LogP contribution >= 0.6 is 0 Å². The van der Waals surface area contributed by atoms with E-state index in [4.69, 9.17) is 0 Å². The molecule has 0 unspecified atom stereocenters. The summed E-state index contributed by atoms with van der Waals surface area (Å²) in [6.07, 6.45) is 0. The Bertz CT molecular complexity index is 959. The Kier molecular flexibility index (Phi) is 2.67. The highest BCUT2D eigenvalue weighted by Crippen LogP contribution is 2.38. The van der Waals surface area contributed by atoms with Crippen LogP contribution in [0.15, 0.2) is 60.7 Å².